The number of thiazole rings is 1. The summed E-state index contributed by atoms with van der Waals surface area (Å²) < 4.78 is 5.95. The summed E-state index contributed by atoms with van der Waals surface area (Å²) in [6, 6.07) is 10.4. The molecule has 1 aromatic carbocycles. The highest BCUT2D eigenvalue weighted by molar-refractivity contribution is 7.11. The summed E-state index contributed by atoms with van der Waals surface area (Å²) >= 11 is 1.74. The van der Waals surface area contributed by atoms with Crippen LogP contribution in [0.3, 0.4) is 0 Å². The van der Waals surface area contributed by atoms with Crippen LogP contribution in [0.1, 0.15) is 34.5 Å². The maximum Gasteiger partial charge on any atom is 0.194 e. The quantitative estimate of drug-likeness (QED) is 0.581. The molecule has 1 aromatic heterocycles. The smallest absolute Gasteiger partial charge is 0.194 e. The van der Waals surface area contributed by atoms with Crippen molar-refractivity contribution in [1.29, 1.82) is 0 Å². The number of aromatic nitrogens is 1. The molecule has 146 valence electrons. The fourth-order valence-corrected chi connectivity index (χ4v) is 4.23. The van der Waals surface area contributed by atoms with E-state index in [0.717, 1.165) is 49.3 Å². The Bertz CT molecular complexity index is 744. The largest absolute Gasteiger partial charge is 0.376 e. The van der Waals surface area contributed by atoms with Crippen molar-refractivity contribution >= 4 is 17.3 Å². The summed E-state index contributed by atoms with van der Waals surface area (Å²) in [4.78, 5) is 13.0. The van der Waals surface area contributed by atoms with Crippen molar-refractivity contribution in [3.8, 4) is 0 Å². The number of rotatable bonds is 7. The van der Waals surface area contributed by atoms with E-state index in [1.165, 1.54) is 10.4 Å². The molecule has 3 rings (SSSR count). The van der Waals surface area contributed by atoms with E-state index in [1.807, 2.05) is 6.07 Å². The van der Waals surface area contributed by atoms with Crippen molar-refractivity contribution in [2.24, 2.45) is 10.9 Å². The van der Waals surface area contributed by atoms with Crippen LogP contribution >= 0.6 is 11.3 Å². The molecule has 2 heterocycles. The van der Waals surface area contributed by atoms with Crippen LogP contribution in [0, 0.1) is 19.8 Å². The van der Waals surface area contributed by atoms with Gasteiger partial charge in [0.25, 0.3) is 0 Å². The summed E-state index contributed by atoms with van der Waals surface area (Å²) in [5.74, 6) is 1.57. The van der Waals surface area contributed by atoms with E-state index in [9.17, 15) is 0 Å². The Labute approximate surface area is 166 Å². The summed E-state index contributed by atoms with van der Waals surface area (Å²) in [7, 11) is 0. The number of nitrogens with one attached hydrogen (secondary N) is 1. The van der Waals surface area contributed by atoms with E-state index in [2.05, 4.69) is 60.2 Å². The fourth-order valence-electron chi connectivity index (χ4n) is 3.37. The lowest BCUT2D eigenvalue weighted by Crippen LogP contribution is -2.40. The Kier molecular flexibility index (Phi) is 7.24. The van der Waals surface area contributed by atoms with Gasteiger partial charge in [-0.2, -0.15) is 0 Å². The van der Waals surface area contributed by atoms with Gasteiger partial charge in [-0.15, -0.1) is 11.3 Å². The van der Waals surface area contributed by atoms with Gasteiger partial charge >= 0.3 is 0 Å². The highest BCUT2D eigenvalue weighted by atomic mass is 32.1. The van der Waals surface area contributed by atoms with Crippen LogP contribution in [-0.2, 0) is 17.9 Å². The number of benzene rings is 1. The van der Waals surface area contributed by atoms with E-state index in [-0.39, 0.29) is 0 Å². The number of likely N-dealkylation sites (tertiary alicyclic amines) is 1. The van der Waals surface area contributed by atoms with Crippen molar-refractivity contribution in [2.45, 2.75) is 40.3 Å². The Morgan fingerprint density at radius 1 is 1.33 bits per heavy atom. The number of aliphatic imine (C=N–C) groups is 1. The van der Waals surface area contributed by atoms with Gasteiger partial charge in [-0.25, -0.2) is 9.98 Å². The third-order valence-corrected chi connectivity index (χ3v) is 5.82. The first-order valence-corrected chi connectivity index (χ1v) is 10.5. The van der Waals surface area contributed by atoms with E-state index in [0.29, 0.717) is 19.1 Å². The molecule has 1 aliphatic heterocycles. The fraction of sp³-hybridized carbons (Fsp3) is 0.524. The number of hydrogen-bond acceptors (Lipinski definition) is 4. The molecule has 2 aromatic rings. The molecule has 0 saturated carbocycles. The van der Waals surface area contributed by atoms with E-state index < -0.39 is 0 Å². The zero-order valence-electron chi connectivity index (χ0n) is 16.6. The zero-order valence-corrected chi connectivity index (χ0v) is 17.4. The molecule has 1 aliphatic rings. The molecule has 1 saturated heterocycles. The van der Waals surface area contributed by atoms with Gasteiger partial charge < -0.3 is 15.0 Å². The first kappa shape index (κ1) is 19.8. The standard InChI is InChI=1S/C21H30N4OS/c1-4-22-21(23-12-20-16(2)24-17(3)27-20)25-11-10-19(13-25)15-26-14-18-8-6-5-7-9-18/h5-9,19H,4,10-15H2,1-3H3,(H,22,23). The summed E-state index contributed by atoms with van der Waals surface area (Å²) in [6.07, 6.45) is 1.15. The number of aryl methyl sites for hydroxylation is 2. The first-order chi connectivity index (χ1) is 13.2. The molecule has 1 unspecified atom stereocenters. The Hall–Kier alpha value is -1.92. The number of hydrogen-bond donors (Lipinski definition) is 1. The Morgan fingerprint density at radius 3 is 2.85 bits per heavy atom. The molecule has 6 heteroatoms. The summed E-state index contributed by atoms with van der Waals surface area (Å²) in [5.41, 5.74) is 2.34. The van der Waals surface area contributed by atoms with Crippen LogP contribution in [0.25, 0.3) is 0 Å². The van der Waals surface area contributed by atoms with E-state index in [4.69, 9.17) is 9.73 Å². The van der Waals surface area contributed by atoms with Gasteiger partial charge in [0.15, 0.2) is 5.96 Å². The average Bonchev–Trinajstić information content (AvgIpc) is 3.25. The van der Waals surface area contributed by atoms with Crippen LogP contribution in [0.4, 0.5) is 0 Å². The number of nitrogens with zero attached hydrogens (tertiary/aromatic N) is 3. The predicted octanol–water partition coefficient (Wildman–Crippen LogP) is 3.76. The van der Waals surface area contributed by atoms with Crippen LogP contribution in [0.15, 0.2) is 35.3 Å². The molecule has 0 amide bonds. The predicted molar refractivity (Wildman–Crippen MR) is 112 cm³/mol. The van der Waals surface area contributed by atoms with Gasteiger partial charge in [0.2, 0.25) is 0 Å². The second kappa shape index (κ2) is 9.85. The SMILES string of the molecule is CCNC(=NCc1sc(C)nc1C)N1CCC(COCc2ccccc2)C1. The monoisotopic (exact) mass is 386 g/mol. The molecule has 1 atom stereocenters. The summed E-state index contributed by atoms with van der Waals surface area (Å²) in [6.45, 7) is 11.3. The molecule has 0 radical (unpaired) electrons. The number of ether oxygens (including phenoxy) is 1. The van der Waals surface area contributed by atoms with Crippen molar-refractivity contribution in [3.05, 3.63) is 51.5 Å². The maximum absolute atomic E-state index is 5.95. The lowest BCUT2D eigenvalue weighted by molar-refractivity contribution is 0.0906. The maximum atomic E-state index is 5.95. The molecule has 5 nitrogen and oxygen atoms in total. The van der Waals surface area contributed by atoms with Gasteiger partial charge in [0.05, 0.1) is 30.5 Å². The minimum Gasteiger partial charge on any atom is -0.376 e. The second-order valence-corrected chi connectivity index (χ2v) is 8.30. The van der Waals surface area contributed by atoms with E-state index >= 15 is 0 Å². The second-order valence-electron chi connectivity index (χ2n) is 7.01. The third kappa shape index (κ3) is 5.78. The average molecular weight is 387 g/mol. The molecule has 27 heavy (non-hydrogen) atoms. The van der Waals surface area contributed by atoms with Crippen LogP contribution in [-0.4, -0.2) is 42.1 Å². The van der Waals surface area contributed by atoms with Gasteiger partial charge in [-0.05, 0) is 32.8 Å². The highest BCUT2D eigenvalue weighted by Gasteiger charge is 2.25. The molecular formula is C21H30N4OS. The zero-order chi connectivity index (χ0) is 19.1. The highest BCUT2D eigenvalue weighted by Crippen LogP contribution is 2.20. The van der Waals surface area contributed by atoms with Gasteiger partial charge in [-0.3, -0.25) is 0 Å². The van der Waals surface area contributed by atoms with Crippen molar-refractivity contribution in [1.82, 2.24) is 15.2 Å². The molecule has 1 N–H and O–H groups in total. The summed E-state index contributed by atoms with van der Waals surface area (Å²) in [5, 5.41) is 4.55. The molecule has 0 aliphatic carbocycles. The van der Waals surface area contributed by atoms with Gasteiger partial charge in [0, 0.05) is 30.4 Å². The molecule has 0 spiro atoms. The Balaban J connectivity index is 1.51. The third-order valence-electron chi connectivity index (χ3n) is 4.76. The minimum absolute atomic E-state index is 0.560. The first-order valence-electron chi connectivity index (χ1n) is 9.73. The van der Waals surface area contributed by atoms with E-state index in [1.54, 1.807) is 11.3 Å². The lowest BCUT2D eigenvalue weighted by Gasteiger charge is -2.21. The topological polar surface area (TPSA) is 49.8 Å². The van der Waals surface area contributed by atoms with Gasteiger partial charge in [-0.1, -0.05) is 30.3 Å². The van der Waals surface area contributed by atoms with Gasteiger partial charge in [0.1, 0.15) is 0 Å². The van der Waals surface area contributed by atoms with Crippen molar-refractivity contribution < 1.29 is 4.74 Å². The minimum atomic E-state index is 0.560. The molecule has 1 fully saturated rings. The van der Waals surface area contributed by atoms with Crippen molar-refractivity contribution in [2.75, 3.05) is 26.2 Å². The van der Waals surface area contributed by atoms with Crippen LogP contribution < -0.4 is 5.32 Å². The molecular weight excluding hydrogens is 356 g/mol. The van der Waals surface area contributed by atoms with Crippen LogP contribution in [0.5, 0.6) is 0 Å². The van der Waals surface area contributed by atoms with Crippen molar-refractivity contribution in [3.63, 3.8) is 0 Å². The normalized spacial score (nSPS) is 17.5. The number of guanidine groups is 1. The Morgan fingerprint density at radius 2 is 2.15 bits per heavy atom. The lowest BCUT2D eigenvalue weighted by atomic mass is 10.1. The molecule has 0 bridgehead atoms. The van der Waals surface area contributed by atoms with Crippen LogP contribution in [0.2, 0.25) is 0 Å².